The molecule has 5 rings (SSSR count). The largest absolute Gasteiger partial charge is 0.338 e. The Morgan fingerprint density at radius 1 is 0.963 bits per heavy atom. The fraction of sp³-hybridized carbons (Fsp3) is 0.409. The van der Waals surface area contributed by atoms with Gasteiger partial charge in [-0.1, -0.05) is 36.4 Å². The Hall–Kier alpha value is -2.69. The lowest BCUT2D eigenvalue weighted by molar-refractivity contribution is -0.135. The Morgan fingerprint density at radius 3 is 2.56 bits per heavy atom. The molecule has 5 heteroatoms. The van der Waals surface area contributed by atoms with Crippen molar-refractivity contribution in [2.45, 2.75) is 31.7 Å². The minimum atomic E-state index is -0.0221. The predicted molar refractivity (Wildman–Crippen MR) is 103 cm³/mol. The first-order valence-corrected chi connectivity index (χ1v) is 9.74. The van der Waals surface area contributed by atoms with E-state index in [1.165, 1.54) is 5.56 Å². The zero-order chi connectivity index (χ0) is 18.6. The van der Waals surface area contributed by atoms with Gasteiger partial charge in [-0.05, 0) is 42.9 Å². The van der Waals surface area contributed by atoms with Crippen molar-refractivity contribution in [2.75, 3.05) is 19.6 Å². The van der Waals surface area contributed by atoms with Gasteiger partial charge in [0.05, 0.1) is 0 Å². The summed E-state index contributed by atoms with van der Waals surface area (Å²) in [6.45, 7) is 2.10. The summed E-state index contributed by atoms with van der Waals surface area (Å²) in [6, 6.07) is 15.7. The van der Waals surface area contributed by atoms with Crippen LogP contribution in [0.4, 0.5) is 0 Å². The highest BCUT2D eigenvalue weighted by Gasteiger charge is 2.38. The number of aromatic nitrogens is 1. The number of carbonyl (C=O) groups excluding carboxylic acids is 2. The highest BCUT2D eigenvalue weighted by Crippen LogP contribution is 2.29. The van der Waals surface area contributed by atoms with Crippen LogP contribution in [0.2, 0.25) is 0 Å². The molecule has 4 heterocycles. The van der Waals surface area contributed by atoms with E-state index in [9.17, 15) is 9.59 Å². The molecule has 3 saturated heterocycles. The second kappa shape index (κ2) is 7.91. The number of carbonyl (C=O) groups is 2. The molecule has 3 aliphatic heterocycles. The van der Waals surface area contributed by atoms with Crippen molar-refractivity contribution in [2.24, 2.45) is 5.92 Å². The second-order valence-electron chi connectivity index (χ2n) is 7.55. The molecule has 1 aromatic heterocycles. The monoisotopic (exact) mass is 363 g/mol. The van der Waals surface area contributed by atoms with Gasteiger partial charge in [0.1, 0.15) is 5.69 Å². The van der Waals surface area contributed by atoms with Gasteiger partial charge in [0.15, 0.2) is 0 Å². The summed E-state index contributed by atoms with van der Waals surface area (Å²) in [5, 5.41) is 0. The van der Waals surface area contributed by atoms with E-state index in [-0.39, 0.29) is 17.9 Å². The number of rotatable bonds is 4. The van der Waals surface area contributed by atoms with E-state index in [1.54, 1.807) is 12.3 Å². The lowest BCUT2D eigenvalue weighted by atomic mass is 9.94. The number of benzene rings is 1. The molecule has 0 aliphatic carbocycles. The number of hydrogen-bond acceptors (Lipinski definition) is 3. The normalized spacial score (nSPS) is 21.8. The molecule has 2 amide bonds. The Bertz CT molecular complexity index is 794. The van der Waals surface area contributed by atoms with Crippen LogP contribution in [0.3, 0.4) is 0 Å². The van der Waals surface area contributed by atoms with Gasteiger partial charge < -0.3 is 9.80 Å². The average molecular weight is 363 g/mol. The third-order valence-electron chi connectivity index (χ3n) is 5.68. The summed E-state index contributed by atoms with van der Waals surface area (Å²) in [5.74, 6) is 0.545. The highest BCUT2D eigenvalue weighted by atomic mass is 16.2. The molecule has 2 atom stereocenters. The summed E-state index contributed by atoms with van der Waals surface area (Å²) >= 11 is 0. The zero-order valence-electron chi connectivity index (χ0n) is 15.5. The molecule has 5 nitrogen and oxygen atoms in total. The predicted octanol–water partition coefficient (Wildman–Crippen LogP) is 2.78. The first-order valence-electron chi connectivity index (χ1n) is 9.74. The fourth-order valence-corrected chi connectivity index (χ4v) is 4.24. The average Bonchev–Trinajstić information content (AvgIpc) is 3.05. The molecule has 0 spiro atoms. The maximum atomic E-state index is 12.9. The number of nitrogens with zero attached hydrogens (tertiary/aromatic N) is 3. The van der Waals surface area contributed by atoms with E-state index >= 15 is 0 Å². The topological polar surface area (TPSA) is 53.5 Å². The lowest BCUT2D eigenvalue weighted by Crippen LogP contribution is -2.47. The van der Waals surface area contributed by atoms with Crippen LogP contribution in [-0.2, 0) is 11.2 Å². The summed E-state index contributed by atoms with van der Waals surface area (Å²) in [4.78, 5) is 33.8. The minimum Gasteiger partial charge on any atom is -0.338 e. The van der Waals surface area contributed by atoms with Gasteiger partial charge in [-0.2, -0.15) is 0 Å². The smallest absolute Gasteiger partial charge is 0.272 e. The second-order valence-corrected chi connectivity index (χ2v) is 7.55. The fourth-order valence-electron chi connectivity index (χ4n) is 4.24. The van der Waals surface area contributed by atoms with E-state index in [4.69, 9.17) is 0 Å². The lowest BCUT2D eigenvalue weighted by Gasteiger charge is -2.36. The van der Waals surface area contributed by atoms with Crippen molar-refractivity contribution in [1.29, 1.82) is 0 Å². The van der Waals surface area contributed by atoms with Gasteiger partial charge in [-0.3, -0.25) is 14.6 Å². The Balaban J connectivity index is 1.42. The molecule has 1 aromatic carbocycles. The van der Waals surface area contributed by atoms with Gasteiger partial charge in [0, 0.05) is 38.3 Å². The third-order valence-corrected chi connectivity index (χ3v) is 5.68. The molecule has 3 fully saturated rings. The first-order chi connectivity index (χ1) is 13.2. The molecule has 27 heavy (non-hydrogen) atoms. The number of hydrogen-bond donors (Lipinski definition) is 0. The van der Waals surface area contributed by atoms with E-state index in [0.29, 0.717) is 31.1 Å². The summed E-state index contributed by atoms with van der Waals surface area (Å²) < 4.78 is 0. The van der Waals surface area contributed by atoms with Crippen molar-refractivity contribution >= 4 is 11.8 Å². The number of piperidine rings is 1. The minimum absolute atomic E-state index is 0.0221. The van der Waals surface area contributed by atoms with Crippen molar-refractivity contribution in [1.82, 2.24) is 14.8 Å². The van der Waals surface area contributed by atoms with Gasteiger partial charge in [0.2, 0.25) is 5.91 Å². The van der Waals surface area contributed by atoms with Crippen molar-refractivity contribution < 1.29 is 9.59 Å². The van der Waals surface area contributed by atoms with Crippen LogP contribution in [0.25, 0.3) is 0 Å². The molecule has 0 saturated carbocycles. The van der Waals surface area contributed by atoms with Crippen LogP contribution in [0.15, 0.2) is 54.7 Å². The van der Waals surface area contributed by atoms with Crippen LogP contribution in [0.5, 0.6) is 0 Å². The van der Waals surface area contributed by atoms with Gasteiger partial charge >= 0.3 is 0 Å². The quantitative estimate of drug-likeness (QED) is 0.839. The van der Waals surface area contributed by atoms with Crippen LogP contribution in [0.1, 0.15) is 35.3 Å². The van der Waals surface area contributed by atoms with Gasteiger partial charge in [0.25, 0.3) is 5.91 Å². The third kappa shape index (κ3) is 4.02. The van der Waals surface area contributed by atoms with Crippen molar-refractivity contribution in [3.63, 3.8) is 0 Å². The molecule has 0 unspecified atom stereocenters. The number of aryl methyl sites for hydroxylation is 1. The summed E-state index contributed by atoms with van der Waals surface area (Å²) in [5.41, 5.74) is 1.68. The Kier molecular flexibility index (Phi) is 5.19. The molecule has 2 aromatic rings. The molecule has 140 valence electrons. The summed E-state index contributed by atoms with van der Waals surface area (Å²) in [7, 11) is 0. The number of amides is 2. The maximum Gasteiger partial charge on any atom is 0.272 e. The van der Waals surface area contributed by atoms with Crippen LogP contribution in [-0.4, -0.2) is 52.3 Å². The van der Waals surface area contributed by atoms with E-state index in [2.05, 4.69) is 17.1 Å². The molecule has 3 aliphatic rings. The zero-order valence-corrected chi connectivity index (χ0v) is 15.5. The highest BCUT2D eigenvalue weighted by molar-refractivity contribution is 5.92. The van der Waals surface area contributed by atoms with Crippen LogP contribution in [0, 0.1) is 5.92 Å². The van der Waals surface area contributed by atoms with E-state index < -0.39 is 0 Å². The van der Waals surface area contributed by atoms with Crippen molar-refractivity contribution in [3.8, 4) is 0 Å². The molecule has 2 bridgehead atoms. The number of fused-ring (bicyclic) bond motifs is 4. The van der Waals surface area contributed by atoms with Crippen LogP contribution < -0.4 is 0 Å². The molecular formula is C22H25N3O2. The molecule has 0 radical (unpaired) electrons. The Morgan fingerprint density at radius 2 is 1.78 bits per heavy atom. The first kappa shape index (κ1) is 17.7. The summed E-state index contributed by atoms with van der Waals surface area (Å²) in [6.07, 6.45) is 5.01. The van der Waals surface area contributed by atoms with Crippen molar-refractivity contribution in [3.05, 3.63) is 66.0 Å². The maximum absolute atomic E-state index is 12.9. The number of pyridine rings is 1. The Labute approximate surface area is 160 Å². The van der Waals surface area contributed by atoms with E-state index in [0.717, 1.165) is 25.8 Å². The van der Waals surface area contributed by atoms with E-state index in [1.807, 2.05) is 40.1 Å². The van der Waals surface area contributed by atoms with Gasteiger partial charge in [-0.25, -0.2) is 0 Å². The van der Waals surface area contributed by atoms with Crippen LogP contribution >= 0.6 is 0 Å². The molecule has 0 N–H and O–H groups in total. The standard InChI is InChI=1S/C22H25N3O2/c26-21(12-10-17-6-2-1-3-7-17)25-15-18-9-11-19(25)16-24(14-18)22(27)20-8-4-5-13-23-20/h1-8,13,18-19H,9-12,14-16H2/t18-,19+/m0/s1. The SMILES string of the molecule is O=C(c1ccccn1)N1C[C@@H]2CC[C@H](C1)N(C(=O)CCc1ccccc1)C2. The van der Waals surface area contributed by atoms with Gasteiger partial charge in [-0.15, -0.1) is 0 Å². The molecular weight excluding hydrogens is 338 g/mol.